The molecule has 2 heterocycles. The van der Waals surface area contributed by atoms with Gasteiger partial charge in [-0.15, -0.1) is 10.2 Å². The second-order valence-electron chi connectivity index (χ2n) is 6.78. The van der Waals surface area contributed by atoms with E-state index in [0.29, 0.717) is 50.0 Å². The lowest BCUT2D eigenvalue weighted by Gasteiger charge is -2.15. The molecule has 1 N–H and O–H groups in total. The Morgan fingerprint density at radius 3 is 2.55 bits per heavy atom. The second kappa shape index (κ2) is 9.43. The van der Waals surface area contributed by atoms with Gasteiger partial charge in [0.25, 0.3) is 0 Å². The Labute approximate surface area is 187 Å². The summed E-state index contributed by atoms with van der Waals surface area (Å²) in [6.45, 7) is 6.68. The van der Waals surface area contributed by atoms with Crippen LogP contribution in [0.15, 0.2) is 40.1 Å². The Hall–Kier alpha value is -1.67. The molecule has 1 amide bonds. The maximum atomic E-state index is 12.7. The number of benzene rings is 1. The average Bonchev–Trinajstić information content (AvgIpc) is 3.29. The molecule has 0 spiro atoms. The number of nitrogens with one attached hydrogen (secondary N) is 1. The number of carbonyl (C=O) groups is 1. The predicted molar refractivity (Wildman–Crippen MR) is 118 cm³/mol. The molecule has 0 bridgehead atoms. The van der Waals surface area contributed by atoms with Crippen LogP contribution in [0.5, 0.6) is 0 Å². The van der Waals surface area contributed by atoms with Crippen molar-refractivity contribution in [1.82, 2.24) is 14.8 Å². The first-order chi connectivity index (χ1) is 13.8. The fourth-order valence-electron chi connectivity index (χ4n) is 2.56. The van der Waals surface area contributed by atoms with E-state index < -0.39 is 5.25 Å². The summed E-state index contributed by atoms with van der Waals surface area (Å²) in [6.07, 6.45) is 1.59. The van der Waals surface area contributed by atoms with Crippen LogP contribution in [0.25, 0.3) is 11.6 Å². The standard InChI is InChI=1S/C19H19Cl3N4O2S/c1-10(2)9-26-17(16-5-4-6-28-16)24-25-19(26)29-11(3)18(27)23-15-8-13(21)12(20)7-14(15)22/h4-8,10-11H,9H2,1-3H3,(H,23,27). The molecular weight excluding hydrogens is 455 g/mol. The van der Waals surface area contributed by atoms with E-state index in [1.165, 1.54) is 23.9 Å². The first kappa shape index (κ1) is 22.0. The van der Waals surface area contributed by atoms with Crippen molar-refractivity contribution in [1.29, 1.82) is 0 Å². The van der Waals surface area contributed by atoms with Crippen molar-refractivity contribution in [3.05, 3.63) is 45.6 Å². The SMILES string of the molecule is CC(C)Cn1c(SC(C)C(=O)Nc2cc(Cl)c(Cl)cc2Cl)nnc1-c1ccco1. The average molecular weight is 474 g/mol. The highest BCUT2D eigenvalue weighted by Crippen LogP contribution is 2.33. The minimum Gasteiger partial charge on any atom is -0.461 e. The van der Waals surface area contributed by atoms with Crippen molar-refractivity contribution in [3.8, 4) is 11.6 Å². The van der Waals surface area contributed by atoms with Gasteiger partial charge >= 0.3 is 0 Å². The van der Waals surface area contributed by atoms with Gasteiger partial charge in [-0.3, -0.25) is 9.36 Å². The molecule has 29 heavy (non-hydrogen) atoms. The largest absolute Gasteiger partial charge is 0.461 e. The van der Waals surface area contributed by atoms with Gasteiger partial charge in [-0.1, -0.05) is 60.4 Å². The molecule has 1 unspecified atom stereocenters. The highest BCUT2D eigenvalue weighted by atomic mass is 35.5. The van der Waals surface area contributed by atoms with Gasteiger partial charge < -0.3 is 9.73 Å². The lowest BCUT2D eigenvalue weighted by molar-refractivity contribution is -0.115. The summed E-state index contributed by atoms with van der Waals surface area (Å²) in [5.41, 5.74) is 0.401. The summed E-state index contributed by atoms with van der Waals surface area (Å²) in [7, 11) is 0. The number of nitrogens with zero attached hydrogens (tertiary/aromatic N) is 3. The van der Waals surface area contributed by atoms with Crippen molar-refractivity contribution in [2.75, 3.05) is 5.32 Å². The molecule has 0 aliphatic heterocycles. The van der Waals surface area contributed by atoms with Crippen LogP contribution in [0.4, 0.5) is 5.69 Å². The summed E-state index contributed by atoms with van der Waals surface area (Å²) >= 11 is 19.4. The summed E-state index contributed by atoms with van der Waals surface area (Å²) in [5, 5.41) is 12.4. The molecule has 0 aliphatic carbocycles. The molecule has 154 valence electrons. The number of hydrogen-bond acceptors (Lipinski definition) is 5. The number of rotatable bonds is 7. The Bertz CT molecular complexity index is 1010. The smallest absolute Gasteiger partial charge is 0.237 e. The third-order valence-electron chi connectivity index (χ3n) is 3.93. The third kappa shape index (κ3) is 5.28. The van der Waals surface area contributed by atoms with Crippen LogP contribution in [-0.4, -0.2) is 25.9 Å². The Kier molecular flexibility index (Phi) is 7.16. The van der Waals surface area contributed by atoms with Gasteiger partial charge in [0.1, 0.15) is 0 Å². The number of amides is 1. The molecule has 0 saturated carbocycles. The van der Waals surface area contributed by atoms with Crippen molar-refractivity contribution < 1.29 is 9.21 Å². The van der Waals surface area contributed by atoms with Gasteiger partial charge in [0.05, 0.1) is 32.3 Å². The van der Waals surface area contributed by atoms with Gasteiger partial charge in [0.2, 0.25) is 5.91 Å². The summed E-state index contributed by atoms with van der Waals surface area (Å²) < 4.78 is 7.43. The fourth-order valence-corrected chi connectivity index (χ4v) is 4.01. The van der Waals surface area contributed by atoms with Gasteiger partial charge in [0.15, 0.2) is 16.7 Å². The number of anilines is 1. The zero-order valence-corrected chi connectivity index (χ0v) is 19.0. The molecular formula is C19H19Cl3N4O2S. The van der Waals surface area contributed by atoms with E-state index in [4.69, 9.17) is 39.2 Å². The number of halogens is 3. The Balaban J connectivity index is 1.79. The van der Waals surface area contributed by atoms with Crippen LogP contribution in [0, 0.1) is 5.92 Å². The van der Waals surface area contributed by atoms with Crippen LogP contribution in [0.2, 0.25) is 15.1 Å². The van der Waals surface area contributed by atoms with Gasteiger partial charge in [-0.05, 0) is 37.1 Å². The fraction of sp³-hybridized carbons (Fsp3) is 0.316. The molecule has 10 heteroatoms. The number of aromatic nitrogens is 3. The summed E-state index contributed by atoms with van der Waals surface area (Å²) in [5.74, 6) is 1.38. The van der Waals surface area contributed by atoms with E-state index in [1.54, 1.807) is 19.3 Å². The Morgan fingerprint density at radius 2 is 1.90 bits per heavy atom. The number of carbonyl (C=O) groups excluding carboxylic acids is 1. The molecule has 0 saturated heterocycles. The zero-order valence-electron chi connectivity index (χ0n) is 15.9. The molecule has 3 aromatic rings. The van der Waals surface area contributed by atoms with Crippen LogP contribution < -0.4 is 5.32 Å². The van der Waals surface area contributed by atoms with Crippen molar-refractivity contribution in [2.24, 2.45) is 5.92 Å². The number of hydrogen-bond donors (Lipinski definition) is 1. The molecule has 2 aromatic heterocycles. The minimum absolute atomic E-state index is 0.242. The number of furan rings is 1. The van der Waals surface area contributed by atoms with E-state index in [9.17, 15) is 4.79 Å². The van der Waals surface area contributed by atoms with Gasteiger partial charge in [-0.25, -0.2) is 0 Å². The van der Waals surface area contributed by atoms with Crippen molar-refractivity contribution in [3.63, 3.8) is 0 Å². The molecule has 0 aliphatic rings. The van der Waals surface area contributed by atoms with Gasteiger partial charge in [-0.2, -0.15) is 0 Å². The van der Waals surface area contributed by atoms with Gasteiger partial charge in [0, 0.05) is 6.54 Å². The van der Waals surface area contributed by atoms with E-state index in [2.05, 4.69) is 29.4 Å². The highest BCUT2D eigenvalue weighted by molar-refractivity contribution is 8.00. The number of thioether (sulfide) groups is 1. The predicted octanol–water partition coefficient (Wildman–Crippen LogP) is 6.27. The molecule has 0 radical (unpaired) electrons. The first-order valence-electron chi connectivity index (χ1n) is 8.85. The topological polar surface area (TPSA) is 73.0 Å². The van der Waals surface area contributed by atoms with E-state index in [-0.39, 0.29) is 5.91 Å². The maximum absolute atomic E-state index is 12.7. The van der Waals surface area contributed by atoms with Crippen molar-refractivity contribution >= 4 is 58.2 Å². The Morgan fingerprint density at radius 1 is 1.17 bits per heavy atom. The minimum atomic E-state index is -0.458. The second-order valence-corrected chi connectivity index (χ2v) is 9.31. The van der Waals surface area contributed by atoms with E-state index in [1.807, 2.05) is 10.6 Å². The zero-order chi connectivity index (χ0) is 21.1. The van der Waals surface area contributed by atoms with Crippen molar-refractivity contribution in [2.45, 2.75) is 37.7 Å². The first-order valence-corrected chi connectivity index (χ1v) is 10.9. The molecule has 3 rings (SSSR count). The van der Waals surface area contributed by atoms with Crippen LogP contribution in [0.1, 0.15) is 20.8 Å². The molecule has 1 atom stereocenters. The van der Waals surface area contributed by atoms with Crippen LogP contribution in [0.3, 0.4) is 0 Å². The monoisotopic (exact) mass is 472 g/mol. The van der Waals surface area contributed by atoms with Crippen LogP contribution >= 0.6 is 46.6 Å². The normalized spacial score (nSPS) is 12.4. The van der Waals surface area contributed by atoms with E-state index >= 15 is 0 Å². The molecule has 6 nitrogen and oxygen atoms in total. The van der Waals surface area contributed by atoms with Crippen LogP contribution in [-0.2, 0) is 11.3 Å². The molecule has 0 fully saturated rings. The lowest BCUT2D eigenvalue weighted by Crippen LogP contribution is -2.23. The lowest BCUT2D eigenvalue weighted by atomic mass is 10.2. The highest BCUT2D eigenvalue weighted by Gasteiger charge is 2.23. The van der Waals surface area contributed by atoms with E-state index in [0.717, 1.165) is 0 Å². The quantitative estimate of drug-likeness (QED) is 0.323. The molecule has 1 aromatic carbocycles. The summed E-state index contributed by atoms with van der Waals surface area (Å²) in [6, 6.07) is 6.65. The summed E-state index contributed by atoms with van der Waals surface area (Å²) in [4.78, 5) is 12.7. The maximum Gasteiger partial charge on any atom is 0.237 e. The third-order valence-corrected chi connectivity index (χ3v) is 6.04.